The highest BCUT2D eigenvalue weighted by Crippen LogP contribution is 1.95. The van der Waals surface area contributed by atoms with Crippen molar-refractivity contribution < 1.29 is 23.4 Å². The lowest BCUT2D eigenvalue weighted by Gasteiger charge is -2.14. The van der Waals surface area contributed by atoms with Crippen molar-refractivity contribution in [2.24, 2.45) is 5.73 Å². The van der Waals surface area contributed by atoms with Crippen molar-refractivity contribution in [3.05, 3.63) is 0 Å². The number of nitrogens with one attached hydrogen (secondary N) is 1. The van der Waals surface area contributed by atoms with Crippen molar-refractivity contribution in [2.75, 3.05) is 46.1 Å². The summed E-state index contributed by atoms with van der Waals surface area (Å²) in [6, 6.07) is 0. The molecule has 0 rings (SSSR count). The molecule has 0 aliphatic rings. The van der Waals surface area contributed by atoms with E-state index in [1.54, 1.807) is 0 Å². The SMILES string of the molecule is CC(COCC(F)CNC=O)OCCOCCN. The Labute approximate surface area is 107 Å². The molecular weight excluding hydrogens is 243 g/mol. The molecule has 0 aliphatic heterocycles. The minimum absolute atomic E-state index is 0.0360. The lowest BCUT2D eigenvalue weighted by atomic mass is 10.4. The Morgan fingerprint density at radius 1 is 1.28 bits per heavy atom. The monoisotopic (exact) mass is 266 g/mol. The predicted molar refractivity (Wildman–Crippen MR) is 65.1 cm³/mol. The van der Waals surface area contributed by atoms with E-state index in [1.165, 1.54) is 0 Å². The fourth-order valence-corrected chi connectivity index (χ4v) is 1.14. The van der Waals surface area contributed by atoms with Crippen LogP contribution in [0.5, 0.6) is 0 Å². The molecule has 18 heavy (non-hydrogen) atoms. The second kappa shape index (κ2) is 12.7. The number of amides is 1. The van der Waals surface area contributed by atoms with Crippen molar-refractivity contribution in [3.63, 3.8) is 0 Å². The lowest BCUT2D eigenvalue weighted by Crippen LogP contribution is -2.28. The van der Waals surface area contributed by atoms with Crippen LogP contribution in [0.25, 0.3) is 0 Å². The number of ether oxygens (including phenoxy) is 3. The third-order valence-electron chi connectivity index (χ3n) is 1.97. The first-order valence-corrected chi connectivity index (χ1v) is 5.99. The number of carbonyl (C=O) groups excluding carboxylic acids is 1. The van der Waals surface area contributed by atoms with Crippen LogP contribution in [0.3, 0.4) is 0 Å². The summed E-state index contributed by atoms with van der Waals surface area (Å²) in [5.74, 6) is 0. The molecule has 108 valence electrons. The Hall–Kier alpha value is -0.760. The highest BCUT2D eigenvalue weighted by atomic mass is 19.1. The zero-order valence-corrected chi connectivity index (χ0v) is 10.8. The summed E-state index contributed by atoms with van der Waals surface area (Å²) in [7, 11) is 0. The van der Waals surface area contributed by atoms with Gasteiger partial charge in [-0.2, -0.15) is 0 Å². The molecule has 6 nitrogen and oxygen atoms in total. The lowest BCUT2D eigenvalue weighted by molar-refractivity contribution is -0.109. The van der Waals surface area contributed by atoms with E-state index in [-0.39, 0.29) is 19.3 Å². The first-order chi connectivity index (χ1) is 8.70. The molecule has 3 N–H and O–H groups in total. The Morgan fingerprint density at radius 2 is 2.06 bits per heavy atom. The minimum Gasteiger partial charge on any atom is -0.378 e. The number of carbonyl (C=O) groups is 1. The van der Waals surface area contributed by atoms with Gasteiger partial charge >= 0.3 is 0 Å². The van der Waals surface area contributed by atoms with E-state index in [1.807, 2.05) is 6.92 Å². The molecule has 2 unspecified atom stereocenters. The van der Waals surface area contributed by atoms with E-state index in [0.29, 0.717) is 39.4 Å². The molecule has 0 aromatic heterocycles. The van der Waals surface area contributed by atoms with Crippen LogP contribution in [0.15, 0.2) is 0 Å². The molecule has 2 atom stereocenters. The number of hydrogen-bond acceptors (Lipinski definition) is 5. The molecule has 0 aromatic carbocycles. The quantitative estimate of drug-likeness (QED) is 0.346. The summed E-state index contributed by atoms with van der Waals surface area (Å²) in [6.07, 6.45) is -0.868. The van der Waals surface area contributed by atoms with E-state index >= 15 is 0 Å². The van der Waals surface area contributed by atoms with Gasteiger partial charge in [0.15, 0.2) is 0 Å². The summed E-state index contributed by atoms with van der Waals surface area (Å²) < 4.78 is 28.6. The van der Waals surface area contributed by atoms with E-state index in [4.69, 9.17) is 19.9 Å². The maximum absolute atomic E-state index is 13.0. The molecule has 0 bridgehead atoms. The van der Waals surface area contributed by atoms with Gasteiger partial charge in [0.05, 0.1) is 45.7 Å². The van der Waals surface area contributed by atoms with E-state index in [9.17, 15) is 9.18 Å². The van der Waals surface area contributed by atoms with Gasteiger partial charge in [0.2, 0.25) is 6.41 Å². The normalized spacial score (nSPS) is 14.2. The molecule has 0 saturated heterocycles. The third kappa shape index (κ3) is 11.7. The number of halogens is 1. The Kier molecular flexibility index (Phi) is 12.2. The Bertz CT molecular complexity index is 198. The summed E-state index contributed by atoms with van der Waals surface area (Å²) in [5.41, 5.74) is 5.25. The van der Waals surface area contributed by atoms with Crippen molar-refractivity contribution >= 4 is 6.41 Å². The van der Waals surface area contributed by atoms with E-state index in [0.717, 1.165) is 0 Å². The molecule has 0 aliphatic carbocycles. The van der Waals surface area contributed by atoms with Gasteiger partial charge < -0.3 is 25.3 Å². The number of hydrogen-bond donors (Lipinski definition) is 2. The number of rotatable bonds is 13. The van der Waals surface area contributed by atoms with Gasteiger partial charge in [0, 0.05) is 6.54 Å². The van der Waals surface area contributed by atoms with Gasteiger partial charge in [-0.3, -0.25) is 4.79 Å². The fraction of sp³-hybridized carbons (Fsp3) is 0.909. The third-order valence-corrected chi connectivity index (χ3v) is 1.97. The molecule has 0 aromatic rings. The van der Waals surface area contributed by atoms with Crippen LogP contribution < -0.4 is 11.1 Å². The standard InChI is InChI=1S/C11H23FN2O4/c1-10(18-5-4-16-3-2-13)7-17-8-11(12)6-14-9-15/h9-11H,2-8,13H2,1H3,(H,14,15). The van der Waals surface area contributed by atoms with Crippen LogP contribution in [-0.2, 0) is 19.0 Å². The molecule has 1 amide bonds. The summed E-state index contributed by atoms with van der Waals surface area (Å²) >= 11 is 0. The van der Waals surface area contributed by atoms with Crippen LogP contribution in [0, 0.1) is 0 Å². The molecule has 7 heteroatoms. The second-order valence-corrected chi connectivity index (χ2v) is 3.74. The minimum atomic E-state index is -1.20. The summed E-state index contributed by atoms with van der Waals surface area (Å²) in [5, 5.41) is 2.25. The average Bonchev–Trinajstić information content (AvgIpc) is 2.36. The summed E-state index contributed by atoms with van der Waals surface area (Å²) in [4.78, 5) is 9.93. The first kappa shape index (κ1) is 17.2. The highest BCUT2D eigenvalue weighted by Gasteiger charge is 2.08. The van der Waals surface area contributed by atoms with Gasteiger partial charge in [-0.1, -0.05) is 0 Å². The number of alkyl halides is 1. The van der Waals surface area contributed by atoms with Gasteiger partial charge in [0.1, 0.15) is 6.17 Å². The van der Waals surface area contributed by atoms with Crippen LogP contribution in [-0.4, -0.2) is 64.8 Å². The fourth-order valence-electron chi connectivity index (χ4n) is 1.14. The number of nitrogens with two attached hydrogens (primary N) is 1. The molecule has 0 heterocycles. The molecule has 0 spiro atoms. The predicted octanol–water partition coefficient (Wildman–Crippen LogP) is -0.532. The molecule has 0 saturated carbocycles. The second-order valence-electron chi connectivity index (χ2n) is 3.74. The van der Waals surface area contributed by atoms with Gasteiger partial charge in [-0.25, -0.2) is 4.39 Å². The van der Waals surface area contributed by atoms with E-state index in [2.05, 4.69) is 5.32 Å². The van der Waals surface area contributed by atoms with Gasteiger partial charge in [0.25, 0.3) is 0 Å². The molecular formula is C11H23FN2O4. The van der Waals surface area contributed by atoms with Crippen LogP contribution in [0.2, 0.25) is 0 Å². The van der Waals surface area contributed by atoms with Crippen LogP contribution in [0.1, 0.15) is 6.92 Å². The first-order valence-electron chi connectivity index (χ1n) is 5.99. The smallest absolute Gasteiger partial charge is 0.207 e. The maximum atomic E-state index is 13.0. The zero-order chi connectivity index (χ0) is 13.6. The van der Waals surface area contributed by atoms with Crippen LogP contribution in [0.4, 0.5) is 4.39 Å². The Balaban J connectivity index is 3.30. The van der Waals surface area contributed by atoms with Crippen molar-refractivity contribution in [1.82, 2.24) is 5.32 Å². The highest BCUT2D eigenvalue weighted by molar-refractivity contribution is 5.45. The molecule has 0 radical (unpaired) electrons. The summed E-state index contributed by atoms with van der Waals surface area (Å²) in [6.45, 7) is 3.99. The average molecular weight is 266 g/mol. The Morgan fingerprint density at radius 3 is 2.72 bits per heavy atom. The van der Waals surface area contributed by atoms with Crippen LogP contribution >= 0.6 is 0 Å². The van der Waals surface area contributed by atoms with Crippen molar-refractivity contribution in [1.29, 1.82) is 0 Å². The van der Waals surface area contributed by atoms with Crippen molar-refractivity contribution in [3.8, 4) is 0 Å². The van der Waals surface area contributed by atoms with Crippen molar-refractivity contribution in [2.45, 2.75) is 19.2 Å². The molecule has 0 fully saturated rings. The zero-order valence-electron chi connectivity index (χ0n) is 10.8. The van der Waals surface area contributed by atoms with Gasteiger partial charge in [-0.05, 0) is 6.92 Å². The maximum Gasteiger partial charge on any atom is 0.207 e. The van der Waals surface area contributed by atoms with E-state index < -0.39 is 6.17 Å². The largest absolute Gasteiger partial charge is 0.378 e. The topological polar surface area (TPSA) is 82.8 Å². The van der Waals surface area contributed by atoms with Gasteiger partial charge in [-0.15, -0.1) is 0 Å².